The second kappa shape index (κ2) is 7.12. The summed E-state index contributed by atoms with van der Waals surface area (Å²) in [5.74, 6) is -0.234. The zero-order valence-electron chi connectivity index (χ0n) is 11.7. The molecule has 0 amide bonds. The van der Waals surface area contributed by atoms with E-state index in [1.54, 1.807) is 18.3 Å². The van der Waals surface area contributed by atoms with Gasteiger partial charge in [-0.05, 0) is 36.4 Å². The van der Waals surface area contributed by atoms with E-state index in [9.17, 15) is 4.39 Å². The molecule has 4 heteroatoms. The lowest BCUT2D eigenvalue weighted by Crippen LogP contribution is -2.32. The first-order valence-electron chi connectivity index (χ1n) is 6.82. The van der Waals surface area contributed by atoms with E-state index in [0.717, 1.165) is 30.9 Å². The van der Waals surface area contributed by atoms with E-state index in [-0.39, 0.29) is 11.9 Å². The van der Waals surface area contributed by atoms with Gasteiger partial charge in [0.25, 0.3) is 0 Å². The number of rotatable bonds is 6. The van der Waals surface area contributed by atoms with Crippen LogP contribution in [0.25, 0.3) is 0 Å². The second-order valence-corrected chi connectivity index (χ2v) is 4.81. The molecule has 0 aliphatic rings. The van der Waals surface area contributed by atoms with Crippen LogP contribution in [0, 0.1) is 5.82 Å². The quantitative estimate of drug-likeness (QED) is 0.880. The minimum absolute atomic E-state index is 0.126. The minimum atomic E-state index is -0.234. The van der Waals surface area contributed by atoms with E-state index in [4.69, 9.17) is 5.73 Å². The van der Waals surface area contributed by atoms with Crippen molar-refractivity contribution in [3.8, 4) is 0 Å². The lowest BCUT2D eigenvalue weighted by atomic mass is 10.1. The second-order valence-electron chi connectivity index (χ2n) is 4.81. The van der Waals surface area contributed by atoms with E-state index in [1.165, 1.54) is 12.1 Å². The average molecular weight is 273 g/mol. The number of benzene rings is 1. The highest BCUT2D eigenvalue weighted by atomic mass is 19.1. The fourth-order valence-corrected chi connectivity index (χ4v) is 2.12. The molecule has 0 aliphatic carbocycles. The smallest absolute Gasteiger partial charge is 0.123 e. The van der Waals surface area contributed by atoms with E-state index >= 15 is 0 Å². The van der Waals surface area contributed by atoms with Crippen LogP contribution in [0.2, 0.25) is 0 Å². The van der Waals surface area contributed by atoms with Gasteiger partial charge in [-0.2, -0.15) is 0 Å². The summed E-state index contributed by atoms with van der Waals surface area (Å²) in [6, 6.07) is 12.2. The molecule has 1 heterocycles. The van der Waals surface area contributed by atoms with Crippen molar-refractivity contribution < 1.29 is 4.39 Å². The molecule has 0 spiro atoms. The van der Waals surface area contributed by atoms with E-state index in [0.29, 0.717) is 0 Å². The van der Waals surface area contributed by atoms with E-state index < -0.39 is 0 Å². The van der Waals surface area contributed by atoms with Crippen molar-refractivity contribution in [1.82, 2.24) is 9.88 Å². The summed E-state index contributed by atoms with van der Waals surface area (Å²) in [4.78, 5) is 6.56. The third kappa shape index (κ3) is 4.11. The monoisotopic (exact) mass is 273 g/mol. The van der Waals surface area contributed by atoms with Gasteiger partial charge in [0.15, 0.2) is 0 Å². The normalized spacial score (nSPS) is 12.6. The van der Waals surface area contributed by atoms with Gasteiger partial charge in [-0.15, -0.1) is 0 Å². The van der Waals surface area contributed by atoms with Crippen LogP contribution in [0.1, 0.15) is 24.2 Å². The first-order valence-corrected chi connectivity index (χ1v) is 6.82. The first kappa shape index (κ1) is 14.6. The van der Waals surface area contributed by atoms with Crippen molar-refractivity contribution in [1.29, 1.82) is 0 Å². The standard InChI is InChI=1S/C16H20FN3/c1-2-20(11-15-5-3-4-10-19-15)12-16(18)13-6-8-14(17)9-7-13/h3-10,16H,2,11-12,18H2,1H3. The Morgan fingerprint density at radius 2 is 1.95 bits per heavy atom. The van der Waals surface area contributed by atoms with Crippen molar-refractivity contribution in [2.75, 3.05) is 13.1 Å². The number of pyridine rings is 1. The van der Waals surface area contributed by atoms with Gasteiger partial charge in [0.2, 0.25) is 0 Å². The number of likely N-dealkylation sites (N-methyl/N-ethyl adjacent to an activating group) is 1. The summed E-state index contributed by atoms with van der Waals surface area (Å²) in [6.07, 6.45) is 1.79. The topological polar surface area (TPSA) is 42.2 Å². The third-order valence-corrected chi connectivity index (χ3v) is 3.31. The molecule has 1 aromatic carbocycles. The van der Waals surface area contributed by atoms with Crippen LogP contribution < -0.4 is 5.73 Å². The molecule has 0 saturated heterocycles. The molecular formula is C16H20FN3. The predicted octanol–water partition coefficient (Wildman–Crippen LogP) is 2.74. The molecule has 1 aromatic heterocycles. The summed E-state index contributed by atoms with van der Waals surface area (Å²) >= 11 is 0. The molecule has 20 heavy (non-hydrogen) atoms. The fourth-order valence-electron chi connectivity index (χ4n) is 2.12. The maximum Gasteiger partial charge on any atom is 0.123 e. The van der Waals surface area contributed by atoms with Crippen LogP contribution in [-0.4, -0.2) is 23.0 Å². The molecule has 2 rings (SSSR count). The van der Waals surface area contributed by atoms with E-state index in [2.05, 4.69) is 16.8 Å². The van der Waals surface area contributed by atoms with Gasteiger partial charge in [-0.1, -0.05) is 25.1 Å². The van der Waals surface area contributed by atoms with Gasteiger partial charge in [-0.3, -0.25) is 9.88 Å². The molecule has 0 bridgehead atoms. The predicted molar refractivity (Wildman–Crippen MR) is 78.5 cm³/mol. The van der Waals surface area contributed by atoms with Crippen LogP contribution in [0.15, 0.2) is 48.7 Å². The number of hydrogen-bond acceptors (Lipinski definition) is 3. The molecular weight excluding hydrogens is 253 g/mol. The molecule has 1 unspecified atom stereocenters. The number of nitrogens with zero attached hydrogens (tertiary/aromatic N) is 2. The Kier molecular flexibility index (Phi) is 5.21. The Morgan fingerprint density at radius 3 is 2.55 bits per heavy atom. The van der Waals surface area contributed by atoms with Gasteiger partial charge in [0.1, 0.15) is 5.82 Å². The molecule has 2 aromatic rings. The Labute approximate surface area is 119 Å². The Hall–Kier alpha value is -1.78. The molecule has 0 radical (unpaired) electrons. The van der Waals surface area contributed by atoms with Crippen LogP contribution in [0.4, 0.5) is 4.39 Å². The average Bonchev–Trinajstić information content (AvgIpc) is 2.48. The van der Waals surface area contributed by atoms with Gasteiger partial charge < -0.3 is 5.73 Å². The highest BCUT2D eigenvalue weighted by Crippen LogP contribution is 2.13. The third-order valence-electron chi connectivity index (χ3n) is 3.31. The van der Waals surface area contributed by atoms with Crippen molar-refractivity contribution in [3.63, 3.8) is 0 Å². The summed E-state index contributed by atoms with van der Waals surface area (Å²) in [5.41, 5.74) is 8.17. The van der Waals surface area contributed by atoms with Gasteiger partial charge in [0, 0.05) is 25.3 Å². The van der Waals surface area contributed by atoms with Crippen LogP contribution in [-0.2, 0) is 6.54 Å². The number of halogens is 1. The molecule has 3 nitrogen and oxygen atoms in total. The Morgan fingerprint density at radius 1 is 1.20 bits per heavy atom. The number of aromatic nitrogens is 1. The minimum Gasteiger partial charge on any atom is -0.323 e. The summed E-state index contributed by atoms with van der Waals surface area (Å²) < 4.78 is 12.9. The maximum atomic E-state index is 12.9. The maximum absolute atomic E-state index is 12.9. The molecule has 0 fully saturated rings. The van der Waals surface area contributed by atoms with Gasteiger partial charge >= 0.3 is 0 Å². The van der Waals surface area contributed by atoms with E-state index in [1.807, 2.05) is 18.2 Å². The van der Waals surface area contributed by atoms with Gasteiger partial charge in [-0.25, -0.2) is 4.39 Å². The van der Waals surface area contributed by atoms with Crippen molar-refractivity contribution in [3.05, 3.63) is 65.7 Å². The molecule has 2 N–H and O–H groups in total. The highest BCUT2D eigenvalue weighted by molar-refractivity contribution is 5.19. The van der Waals surface area contributed by atoms with Crippen LogP contribution >= 0.6 is 0 Å². The molecule has 106 valence electrons. The highest BCUT2D eigenvalue weighted by Gasteiger charge is 2.12. The molecule has 0 aliphatic heterocycles. The first-order chi connectivity index (χ1) is 9.69. The Bertz CT molecular complexity index is 513. The van der Waals surface area contributed by atoms with Gasteiger partial charge in [0.05, 0.1) is 5.69 Å². The van der Waals surface area contributed by atoms with Crippen LogP contribution in [0.3, 0.4) is 0 Å². The number of hydrogen-bond donors (Lipinski definition) is 1. The largest absolute Gasteiger partial charge is 0.323 e. The zero-order chi connectivity index (χ0) is 14.4. The van der Waals surface area contributed by atoms with Crippen molar-refractivity contribution >= 4 is 0 Å². The van der Waals surface area contributed by atoms with Crippen molar-refractivity contribution in [2.45, 2.75) is 19.5 Å². The number of nitrogens with two attached hydrogens (primary N) is 1. The molecule has 0 saturated carbocycles. The summed E-state index contributed by atoms with van der Waals surface area (Å²) in [7, 11) is 0. The SMILES string of the molecule is CCN(Cc1ccccn1)CC(N)c1ccc(F)cc1. The van der Waals surface area contributed by atoms with Crippen LogP contribution in [0.5, 0.6) is 0 Å². The Balaban J connectivity index is 1.97. The lowest BCUT2D eigenvalue weighted by Gasteiger charge is -2.24. The summed E-state index contributed by atoms with van der Waals surface area (Å²) in [5, 5.41) is 0. The lowest BCUT2D eigenvalue weighted by molar-refractivity contribution is 0.259. The fraction of sp³-hybridized carbons (Fsp3) is 0.312. The summed E-state index contributed by atoms with van der Waals surface area (Å²) in [6.45, 7) is 4.48. The molecule has 1 atom stereocenters. The van der Waals surface area contributed by atoms with Crippen molar-refractivity contribution in [2.24, 2.45) is 5.73 Å². The zero-order valence-corrected chi connectivity index (χ0v) is 11.7.